The molecule has 0 aliphatic heterocycles. The summed E-state index contributed by atoms with van der Waals surface area (Å²) in [5.74, 6) is 1.67. The molecule has 1 aromatic carbocycles. The van der Waals surface area contributed by atoms with Crippen LogP contribution in [0.25, 0.3) is 0 Å². The molecule has 2 aromatic rings. The number of anilines is 1. The third-order valence-electron chi connectivity index (χ3n) is 4.22. The molecule has 27 heavy (non-hydrogen) atoms. The van der Waals surface area contributed by atoms with Crippen molar-refractivity contribution in [1.29, 1.82) is 0 Å². The number of amides is 1. The lowest BCUT2D eigenvalue weighted by Crippen LogP contribution is -2.32. The minimum Gasteiger partial charge on any atom is -0.493 e. The number of ether oxygens (including phenoxy) is 2. The van der Waals surface area contributed by atoms with E-state index < -0.39 is 0 Å². The van der Waals surface area contributed by atoms with E-state index in [0.29, 0.717) is 29.7 Å². The van der Waals surface area contributed by atoms with Gasteiger partial charge in [-0.2, -0.15) is 0 Å². The second kappa shape index (κ2) is 9.75. The van der Waals surface area contributed by atoms with Crippen LogP contribution in [0, 0.1) is 6.92 Å². The molecule has 0 saturated carbocycles. The summed E-state index contributed by atoms with van der Waals surface area (Å²) >= 11 is 0. The Labute approximate surface area is 160 Å². The summed E-state index contributed by atoms with van der Waals surface area (Å²) in [7, 11) is 3.23. The van der Waals surface area contributed by atoms with Crippen molar-refractivity contribution < 1.29 is 14.3 Å². The number of nitrogens with zero attached hydrogens (tertiary/aromatic N) is 2. The van der Waals surface area contributed by atoms with Gasteiger partial charge in [-0.1, -0.05) is 13.0 Å². The molecule has 7 nitrogen and oxygen atoms in total. The zero-order valence-electron chi connectivity index (χ0n) is 16.6. The number of carbonyl (C=O) groups is 1. The normalized spacial score (nSPS) is 11.6. The van der Waals surface area contributed by atoms with Crippen molar-refractivity contribution in [1.82, 2.24) is 15.3 Å². The Morgan fingerprint density at radius 2 is 1.89 bits per heavy atom. The van der Waals surface area contributed by atoms with Gasteiger partial charge in [0.2, 0.25) is 5.95 Å². The van der Waals surface area contributed by atoms with E-state index in [1.165, 1.54) is 0 Å². The van der Waals surface area contributed by atoms with Gasteiger partial charge in [-0.05, 0) is 50.5 Å². The summed E-state index contributed by atoms with van der Waals surface area (Å²) < 4.78 is 10.6. The molecule has 0 bridgehead atoms. The third-order valence-corrected chi connectivity index (χ3v) is 4.22. The summed E-state index contributed by atoms with van der Waals surface area (Å²) in [6.45, 7) is 6.47. The molecule has 2 rings (SSSR count). The number of benzene rings is 1. The number of aryl methyl sites for hydroxylation is 1. The minimum atomic E-state index is -0.183. The standard InChI is InChI=1S/C20H28N4O3/c1-6-13(2)22-19(25)16-11-14(3)23-20(24-16)21-10-9-15-7-8-17(26-4)18(12-15)27-5/h7-8,11-13H,6,9-10H2,1-5H3,(H,22,25)(H,21,23,24). The van der Waals surface area contributed by atoms with Gasteiger partial charge in [0.15, 0.2) is 11.5 Å². The third kappa shape index (κ3) is 5.84. The van der Waals surface area contributed by atoms with Gasteiger partial charge in [0.05, 0.1) is 14.2 Å². The highest BCUT2D eigenvalue weighted by Crippen LogP contribution is 2.27. The molecule has 2 N–H and O–H groups in total. The Kier molecular flexibility index (Phi) is 7.40. The Hall–Kier alpha value is -2.83. The van der Waals surface area contributed by atoms with E-state index in [9.17, 15) is 4.79 Å². The minimum absolute atomic E-state index is 0.106. The van der Waals surface area contributed by atoms with Gasteiger partial charge in [0.1, 0.15) is 5.69 Å². The fourth-order valence-corrected chi connectivity index (χ4v) is 2.52. The van der Waals surface area contributed by atoms with E-state index in [-0.39, 0.29) is 11.9 Å². The van der Waals surface area contributed by atoms with Gasteiger partial charge >= 0.3 is 0 Å². The topological polar surface area (TPSA) is 85.4 Å². The number of hydrogen-bond donors (Lipinski definition) is 2. The van der Waals surface area contributed by atoms with Crippen molar-refractivity contribution in [3.05, 3.63) is 41.2 Å². The highest BCUT2D eigenvalue weighted by Gasteiger charge is 2.12. The van der Waals surface area contributed by atoms with Crippen LogP contribution in [0.2, 0.25) is 0 Å². The van der Waals surface area contributed by atoms with Crippen molar-refractivity contribution in [2.45, 2.75) is 39.7 Å². The maximum absolute atomic E-state index is 12.3. The molecule has 146 valence electrons. The fraction of sp³-hybridized carbons (Fsp3) is 0.450. The smallest absolute Gasteiger partial charge is 0.270 e. The zero-order chi connectivity index (χ0) is 19.8. The summed E-state index contributed by atoms with van der Waals surface area (Å²) in [5.41, 5.74) is 2.21. The molecular weight excluding hydrogens is 344 g/mol. The van der Waals surface area contributed by atoms with E-state index in [1.807, 2.05) is 39.0 Å². The molecule has 0 spiro atoms. The van der Waals surface area contributed by atoms with Gasteiger partial charge in [0, 0.05) is 18.3 Å². The predicted molar refractivity (Wildman–Crippen MR) is 106 cm³/mol. The van der Waals surface area contributed by atoms with Crippen molar-refractivity contribution >= 4 is 11.9 Å². The second-order valence-electron chi connectivity index (χ2n) is 6.37. The monoisotopic (exact) mass is 372 g/mol. The molecule has 0 saturated heterocycles. The van der Waals surface area contributed by atoms with Gasteiger partial charge < -0.3 is 20.1 Å². The molecule has 1 unspecified atom stereocenters. The van der Waals surface area contributed by atoms with Crippen LogP contribution in [-0.2, 0) is 6.42 Å². The van der Waals surface area contributed by atoms with Crippen LogP contribution in [0.15, 0.2) is 24.3 Å². The number of carbonyl (C=O) groups excluding carboxylic acids is 1. The summed E-state index contributed by atoms with van der Waals surface area (Å²) in [4.78, 5) is 21.0. The Bertz CT molecular complexity index is 780. The van der Waals surface area contributed by atoms with E-state index in [1.54, 1.807) is 20.3 Å². The Morgan fingerprint density at radius 1 is 1.15 bits per heavy atom. The van der Waals surface area contributed by atoms with Crippen LogP contribution in [-0.4, -0.2) is 42.7 Å². The number of nitrogens with one attached hydrogen (secondary N) is 2. The van der Waals surface area contributed by atoms with Crippen molar-refractivity contribution in [3.8, 4) is 11.5 Å². The SMILES string of the molecule is CCC(C)NC(=O)c1cc(C)nc(NCCc2ccc(OC)c(OC)c2)n1. The number of aromatic nitrogens is 2. The van der Waals surface area contributed by atoms with Crippen molar-refractivity contribution in [2.75, 3.05) is 26.1 Å². The lowest BCUT2D eigenvalue weighted by Gasteiger charge is -2.12. The first kappa shape index (κ1) is 20.5. The van der Waals surface area contributed by atoms with Crippen LogP contribution in [0.1, 0.15) is 42.0 Å². The molecule has 0 fully saturated rings. The molecular formula is C20H28N4O3. The van der Waals surface area contributed by atoms with Crippen LogP contribution >= 0.6 is 0 Å². The van der Waals surface area contributed by atoms with Crippen LogP contribution in [0.4, 0.5) is 5.95 Å². The first-order valence-corrected chi connectivity index (χ1v) is 9.08. The predicted octanol–water partition coefficient (Wildman–Crippen LogP) is 2.99. The zero-order valence-corrected chi connectivity index (χ0v) is 16.6. The van der Waals surface area contributed by atoms with Gasteiger partial charge in [-0.15, -0.1) is 0 Å². The molecule has 0 radical (unpaired) electrons. The summed E-state index contributed by atoms with van der Waals surface area (Å²) in [5, 5.41) is 6.11. The average molecular weight is 372 g/mol. The van der Waals surface area contributed by atoms with E-state index in [0.717, 1.165) is 24.1 Å². The second-order valence-corrected chi connectivity index (χ2v) is 6.37. The van der Waals surface area contributed by atoms with E-state index in [4.69, 9.17) is 9.47 Å². The quantitative estimate of drug-likeness (QED) is 0.704. The first-order valence-electron chi connectivity index (χ1n) is 9.08. The van der Waals surface area contributed by atoms with Crippen molar-refractivity contribution in [2.24, 2.45) is 0 Å². The van der Waals surface area contributed by atoms with Gasteiger partial charge in [-0.25, -0.2) is 9.97 Å². The van der Waals surface area contributed by atoms with E-state index in [2.05, 4.69) is 20.6 Å². The van der Waals surface area contributed by atoms with Crippen LogP contribution in [0.5, 0.6) is 11.5 Å². The largest absolute Gasteiger partial charge is 0.493 e. The number of methoxy groups -OCH3 is 2. The maximum atomic E-state index is 12.3. The summed E-state index contributed by atoms with van der Waals surface area (Å²) in [6.07, 6.45) is 1.62. The van der Waals surface area contributed by atoms with Gasteiger partial charge in [0.25, 0.3) is 5.91 Å². The van der Waals surface area contributed by atoms with Crippen LogP contribution in [0.3, 0.4) is 0 Å². The Balaban J connectivity index is 2.00. The lowest BCUT2D eigenvalue weighted by molar-refractivity contribution is 0.0934. The number of rotatable bonds is 9. The summed E-state index contributed by atoms with van der Waals surface area (Å²) in [6, 6.07) is 7.62. The lowest BCUT2D eigenvalue weighted by atomic mass is 10.1. The molecule has 1 heterocycles. The fourth-order valence-electron chi connectivity index (χ4n) is 2.52. The molecule has 7 heteroatoms. The highest BCUT2D eigenvalue weighted by atomic mass is 16.5. The average Bonchev–Trinajstić information content (AvgIpc) is 2.67. The first-order chi connectivity index (χ1) is 13.0. The highest BCUT2D eigenvalue weighted by molar-refractivity contribution is 5.92. The Morgan fingerprint density at radius 3 is 2.56 bits per heavy atom. The van der Waals surface area contributed by atoms with Crippen molar-refractivity contribution in [3.63, 3.8) is 0 Å². The molecule has 1 atom stereocenters. The molecule has 0 aliphatic rings. The molecule has 1 amide bonds. The molecule has 1 aromatic heterocycles. The van der Waals surface area contributed by atoms with Crippen LogP contribution < -0.4 is 20.1 Å². The van der Waals surface area contributed by atoms with E-state index >= 15 is 0 Å². The van der Waals surface area contributed by atoms with Gasteiger partial charge in [-0.3, -0.25) is 4.79 Å². The maximum Gasteiger partial charge on any atom is 0.270 e. The molecule has 0 aliphatic carbocycles. The number of hydrogen-bond acceptors (Lipinski definition) is 6.